The van der Waals surface area contributed by atoms with Gasteiger partial charge in [0, 0.05) is 12.1 Å². The maximum absolute atomic E-state index is 12.8. The van der Waals surface area contributed by atoms with E-state index in [9.17, 15) is 4.39 Å². The molecule has 4 nitrogen and oxygen atoms in total. The van der Waals surface area contributed by atoms with Gasteiger partial charge in [-0.2, -0.15) is 5.10 Å². The Morgan fingerprint density at radius 2 is 2.00 bits per heavy atom. The monoisotopic (exact) mass is 219 g/mol. The molecule has 0 atom stereocenters. The minimum absolute atomic E-state index is 0.224. The van der Waals surface area contributed by atoms with E-state index < -0.39 is 5.82 Å². The zero-order chi connectivity index (χ0) is 11.5. The predicted octanol–water partition coefficient (Wildman–Crippen LogP) is 2.30. The van der Waals surface area contributed by atoms with Gasteiger partial charge in [-0.05, 0) is 25.1 Å². The van der Waals surface area contributed by atoms with Crippen LogP contribution in [0.1, 0.15) is 5.69 Å². The Kier molecular flexibility index (Phi) is 2.68. The first-order valence-electron chi connectivity index (χ1n) is 4.68. The zero-order valence-corrected chi connectivity index (χ0v) is 8.64. The Labute approximate surface area is 91.9 Å². The summed E-state index contributed by atoms with van der Waals surface area (Å²) < 4.78 is 18.1. The summed E-state index contributed by atoms with van der Waals surface area (Å²) in [6.07, 6.45) is 0. The summed E-state index contributed by atoms with van der Waals surface area (Å²) in [6, 6.07) is 7.35. The number of nitrogens with zero attached hydrogens (tertiary/aromatic N) is 2. The number of benzene rings is 1. The number of nitrogen functional groups attached to an aromatic ring is 1. The Morgan fingerprint density at radius 1 is 1.19 bits per heavy atom. The summed E-state index contributed by atoms with van der Waals surface area (Å²) in [6.45, 7) is 1.82. The zero-order valence-electron chi connectivity index (χ0n) is 8.64. The van der Waals surface area contributed by atoms with Crippen molar-refractivity contribution in [2.24, 2.45) is 0 Å². The van der Waals surface area contributed by atoms with Gasteiger partial charge in [-0.1, -0.05) is 0 Å². The first-order chi connectivity index (χ1) is 7.65. The molecule has 2 aromatic rings. The summed E-state index contributed by atoms with van der Waals surface area (Å²) in [5.74, 6) is 0.281. The highest BCUT2D eigenvalue weighted by atomic mass is 19.1. The molecule has 0 amide bonds. The number of halogens is 1. The van der Waals surface area contributed by atoms with Gasteiger partial charge < -0.3 is 10.5 Å². The van der Waals surface area contributed by atoms with Crippen LogP contribution >= 0.6 is 0 Å². The molecule has 0 fully saturated rings. The van der Waals surface area contributed by atoms with Crippen LogP contribution in [-0.4, -0.2) is 10.2 Å². The molecule has 0 aliphatic carbocycles. The molecule has 0 unspecified atom stereocenters. The fraction of sp³-hybridized carbons (Fsp3) is 0.0909. The Bertz CT molecular complexity index is 499. The standard InChI is InChI=1S/C11H10FN3O/c1-7-2-5-11(15-14-7)16-10-4-3-8(12)6-9(10)13/h2-6H,13H2,1H3. The van der Waals surface area contributed by atoms with Gasteiger partial charge in [0.1, 0.15) is 5.82 Å². The molecular weight excluding hydrogens is 209 g/mol. The average Bonchev–Trinajstić information content (AvgIpc) is 2.25. The van der Waals surface area contributed by atoms with Crippen LogP contribution in [0.5, 0.6) is 11.6 Å². The van der Waals surface area contributed by atoms with Crippen LogP contribution in [0.15, 0.2) is 30.3 Å². The Balaban J connectivity index is 2.23. The number of aromatic nitrogens is 2. The normalized spacial score (nSPS) is 10.1. The molecule has 16 heavy (non-hydrogen) atoms. The molecule has 0 bridgehead atoms. The quantitative estimate of drug-likeness (QED) is 0.787. The molecule has 2 N–H and O–H groups in total. The van der Waals surface area contributed by atoms with Gasteiger partial charge in [-0.25, -0.2) is 4.39 Å². The molecule has 0 aliphatic heterocycles. The van der Waals surface area contributed by atoms with Crippen molar-refractivity contribution in [2.45, 2.75) is 6.92 Å². The van der Waals surface area contributed by atoms with Gasteiger partial charge in [0.05, 0.1) is 11.4 Å². The number of aryl methyl sites for hydroxylation is 1. The molecule has 0 radical (unpaired) electrons. The topological polar surface area (TPSA) is 61.0 Å². The number of anilines is 1. The summed E-state index contributed by atoms with van der Waals surface area (Å²) >= 11 is 0. The fourth-order valence-electron chi connectivity index (χ4n) is 1.17. The third-order valence-electron chi connectivity index (χ3n) is 1.96. The van der Waals surface area contributed by atoms with E-state index in [4.69, 9.17) is 10.5 Å². The molecule has 5 heteroatoms. The van der Waals surface area contributed by atoms with E-state index in [0.29, 0.717) is 11.6 Å². The molecule has 0 saturated heterocycles. The molecule has 1 aromatic heterocycles. The summed E-state index contributed by atoms with van der Waals surface area (Å²) in [4.78, 5) is 0. The van der Waals surface area contributed by atoms with E-state index in [2.05, 4.69) is 10.2 Å². The second kappa shape index (κ2) is 4.14. The van der Waals surface area contributed by atoms with Crippen molar-refractivity contribution in [3.63, 3.8) is 0 Å². The maximum atomic E-state index is 12.8. The molecule has 2 rings (SSSR count). The molecule has 0 saturated carbocycles. The molecule has 1 heterocycles. The van der Waals surface area contributed by atoms with Gasteiger partial charge in [0.25, 0.3) is 0 Å². The van der Waals surface area contributed by atoms with Crippen LogP contribution in [0.25, 0.3) is 0 Å². The van der Waals surface area contributed by atoms with Crippen molar-refractivity contribution in [1.29, 1.82) is 0 Å². The van der Waals surface area contributed by atoms with Crippen molar-refractivity contribution in [1.82, 2.24) is 10.2 Å². The fourth-order valence-corrected chi connectivity index (χ4v) is 1.17. The smallest absolute Gasteiger partial charge is 0.238 e. The lowest BCUT2D eigenvalue weighted by atomic mass is 10.3. The van der Waals surface area contributed by atoms with E-state index in [0.717, 1.165) is 5.69 Å². The lowest BCUT2D eigenvalue weighted by molar-refractivity contribution is 0.455. The average molecular weight is 219 g/mol. The predicted molar refractivity (Wildman–Crippen MR) is 57.7 cm³/mol. The summed E-state index contributed by atoms with van der Waals surface area (Å²) in [5, 5.41) is 7.65. The highest BCUT2D eigenvalue weighted by Crippen LogP contribution is 2.26. The van der Waals surface area contributed by atoms with Crippen LogP contribution in [0.3, 0.4) is 0 Å². The van der Waals surface area contributed by atoms with Gasteiger partial charge >= 0.3 is 0 Å². The number of hydrogen-bond donors (Lipinski definition) is 1. The summed E-state index contributed by atoms with van der Waals surface area (Å²) in [5.41, 5.74) is 6.60. The Hall–Kier alpha value is -2.17. The summed E-state index contributed by atoms with van der Waals surface area (Å²) in [7, 11) is 0. The van der Waals surface area contributed by atoms with Crippen molar-refractivity contribution >= 4 is 5.69 Å². The van der Waals surface area contributed by atoms with Crippen LogP contribution in [0, 0.1) is 12.7 Å². The lowest BCUT2D eigenvalue weighted by Gasteiger charge is -2.06. The number of ether oxygens (including phenoxy) is 1. The van der Waals surface area contributed by atoms with Crippen molar-refractivity contribution in [2.75, 3.05) is 5.73 Å². The highest BCUT2D eigenvalue weighted by molar-refractivity contribution is 5.53. The first-order valence-corrected chi connectivity index (χ1v) is 4.68. The molecular formula is C11H10FN3O. The highest BCUT2D eigenvalue weighted by Gasteiger charge is 2.04. The molecule has 1 aromatic carbocycles. The molecule has 0 spiro atoms. The molecule has 82 valence electrons. The van der Waals surface area contributed by atoms with Gasteiger partial charge in [0.2, 0.25) is 5.88 Å². The van der Waals surface area contributed by atoms with Crippen LogP contribution in [0.4, 0.5) is 10.1 Å². The second-order valence-corrected chi connectivity index (χ2v) is 3.30. The van der Waals surface area contributed by atoms with Crippen molar-refractivity contribution in [3.05, 3.63) is 41.8 Å². The van der Waals surface area contributed by atoms with E-state index >= 15 is 0 Å². The van der Waals surface area contributed by atoms with Gasteiger partial charge in [0.15, 0.2) is 5.75 Å². The maximum Gasteiger partial charge on any atom is 0.238 e. The minimum atomic E-state index is -0.403. The van der Waals surface area contributed by atoms with Crippen LogP contribution in [0.2, 0.25) is 0 Å². The first kappa shape index (κ1) is 10.4. The second-order valence-electron chi connectivity index (χ2n) is 3.30. The van der Waals surface area contributed by atoms with Crippen molar-refractivity contribution in [3.8, 4) is 11.6 Å². The van der Waals surface area contributed by atoms with Crippen molar-refractivity contribution < 1.29 is 9.13 Å². The van der Waals surface area contributed by atoms with E-state index in [1.165, 1.54) is 18.2 Å². The minimum Gasteiger partial charge on any atom is -0.435 e. The largest absolute Gasteiger partial charge is 0.435 e. The van der Waals surface area contributed by atoms with Gasteiger partial charge in [-0.3, -0.25) is 0 Å². The molecule has 0 aliphatic rings. The third kappa shape index (κ3) is 2.25. The number of hydrogen-bond acceptors (Lipinski definition) is 4. The van der Waals surface area contributed by atoms with E-state index in [1.807, 2.05) is 6.92 Å². The number of rotatable bonds is 2. The van der Waals surface area contributed by atoms with Gasteiger partial charge in [-0.15, -0.1) is 5.10 Å². The van der Waals surface area contributed by atoms with E-state index in [1.54, 1.807) is 12.1 Å². The SMILES string of the molecule is Cc1ccc(Oc2ccc(F)cc2N)nn1. The number of nitrogens with two attached hydrogens (primary N) is 1. The van der Waals surface area contributed by atoms with Crippen LogP contribution < -0.4 is 10.5 Å². The lowest BCUT2D eigenvalue weighted by Crippen LogP contribution is -1.95. The Morgan fingerprint density at radius 3 is 2.62 bits per heavy atom. The van der Waals surface area contributed by atoms with E-state index in [-0.39, 0.29) is 5.69 Å². The van der Waals surface area contributed by atoms with Crippen LogP contribution in [-0.2, 0) is 0 Å². The third-order valence-corrected chi connectivity index (χ3v) is 1.96.